The van der Waals surface area contributed by atoms with Gasteiger partial charge in [0, 0.05) is 18.6 Å². The standard InChI is InChI=1S/C8H5ClFN3/c9-5-3-6(7(10)13-4-5)8-11-1-2-12-8/h1-4H,(H,11,12). The summed E-state index contributed by atoms with van der Waals surface area (Å²) in [4.78, 5) is 10.1. The van der Waals surface area contributed by atoms with Crippen molar-refractivity contribution < 1.29 is 4.39 Å². The topological polar surface area (TPSA) is 41.6 Å². The Morgan fingerprint density at radius 1 is 1.38 bits per heavy atom. The van der Waals surface area contributed by atoms with Crippen LogP contribution in [-0.4, -0.2) is 15.0 Å². The molecule has 2 rings (SSSR count). The van der Waals surface area contributed by atoms with Gasteiger partial charge in [-0.05, 0) is 6.07 Å². The molecule has 0 radical (unpaired) electrons. The SMILES string of the molecule is Fc1ncc(Cl)cc1-c1ncc[nH]1. The summed E-state index contributed by atoms with van der Waals surface area (Å²) in [7, 11) is 0. The third kappa shape index (κ3) is 1.53. The van der Waals surface area contributed by atoms with E-state index in [9.17, 15) is 4.39 Å². The summed E-state index contributed by atoms with van der Waals surface area (Å²) in [5.41, 5.74) is 0.275. The van der Waals surface area contributed by atoms with Gasteiger partial charge < -0.3 is 4.98 Å². The highest BCUT2D eigenvalue weighted by Crippen LogP contribution is 2.20. The molecule has 0 aromatic carbocycles. The maximum Gasteiger partial charge on any atom is 0.223 e. The summed E-state index contributed by atoms with van der Waals surface area (Å²) in [5, 5.41) is 0.382. The van der Waals surface area contributed by atoms with Crippen LogP contribution in [0.15, 0.2) is 24.7 Å². The Bertz CT molecular complexity index is 413. The molecule has 0 aliphatic rings. The summed E-state index contributed by atoms with van der Waals surface area (Å²) in [5.74, 6) is -0.160. The monoisotopic (exact) mass is 197 g/mol. The molecule has 66 valence electrons. The van der Waals surface area contributed by atoms with Crippen LogP contribution in [0.25, 0.3) is 11.4 Å². The number of hydrogen-bond acceptors (Lipinski definition) is 2. The minimum atomic E-state index is -0.584. The third-order valence-electron chi connectivity index (χ3n) is 1.56. The van der Waals surface area contributed by atoms with E-state index in [0.29, 0.717) is 10.8 Å². The van der Waals surface area contributed by atoms with Gasteiger partial charge in [0.1, 0.15) is 5.82 Å². The van der Waals surface area contributed by atoms with E-state index in [0.717, 1.165) is 0 Å². The van der Waals surface area contributed by atoms with Crippen LogP contribution >= 0.6 is 11.6 Å². The number of aromatic nitrogens is 3. The molecule has 13 heavy (non-hydrogen) atoms. The quantitative estimate of drug-likeness (QED) is 0.713. The summed E-state index contributed by atoms with van der Waals surface area (Å²) in [6.07, 6.45) is 4.40. The number of imidazole rings is 1. The van der Waals surface area contributed by atoms with Crippen LogP contribution in [0.3, 0.4) is 0 Å². The minimum Gasteiger partial charge on any atom is -0.344 e. The van der Waals surface area contributed by atoms with E-state index >= 15 is 0 Å². The molecule has 0 aliphatic heterocycles. The molecule has 5 heteroatoms. The Balaban J connectivity index is 2.57. The molecule has 0 saturated heterocycles. The lowest BCUT2D eigenvalue weighted by atomic mass is 10.2. The van der Waals surface area contributed by atoms with Gasteiger partial charge in [-0.15, -0.1) is 0 Å². The van der Waals surface area contributed by atoms with E-state index in [4.69, 9.17) is 11.6 Å². The van der Waals surface area contributed by atoms with Crippen LogP contribution in [-0.2, 0) is 0 Å². The zero-order valence-corrected chi connectivity index (χ0v) is 7.22. The van der Waals surface area contributed by atoms with E-state index in [-0.39, 0.29) is 5.56 Å². The van der Waals surface area contributed by atoms with E-state index in [1.807, 2.05) is 0 Å². The van der Waals surface area contributed by atoms with E-state index in [2.05, 4.69) is 15.0 Å². The maximum absolute atomic E-state index is 13.1. The van der Waals surface area contributed by atoms with Gasteiger partial charge in [-0.1, -0.05) is 11.6 Å². The number of aromatic amines is 1. The van der Waals surface area contributed by atoms with Crippen molar-refractivity contribution in [3.8, 4) is 11.4 Å². The van der Waals surface area contributed by atoms with Crippen molar-refractivity contribution in [2.24, 2.45) is 0 Å². The van der Waals surface area contributed by atoms with Gasteiger partial charge in [-0.2, -0.15) is 4.39 Å². The van der Waals surface area contributed by atoms with Gasteiger partial charge in [0.25, 0.3) is 0 Å². The molecule has 0 spiro atoms. The average Bonchev–Trinajstić information content (AvgIpc) is 2.61. The lowest BCUT2D eigenvalue weighted by molar-refractivity contribution is 0.586. The number of pyridine rings is 1. The Labute approximate surface area is 78.6 Å². The summed E-state index contributed by atoms with van der Waals surface area (Å²) >= 11 is 5.66. The largest absolute Gasteiger partial charge is 0.344 e. The molecule has 0 fully saturated rings. The van der Waals surface area contributed by atoms with Crippen molar-refractivity contribution in [2.45, 2.75) is 0 Å². The van der Waals surface area contributed by atoms with Gasteiger partial charge in [0.15, 0.2) is 0 Å². The van der Waals surface area contributed by atoms with Gasteiger partial charge in [-0.3, -0.25) is 0 Å². The molecular formula is C8H5ClFN3. The predicted molar refractivity (Wildman–Crippen MR) is 46.8 cm³/mol. The molecule has 0 saturated carbocycles. The van der Waals surface area contributed by atoms with E-state index < -0.39 is 5.95 Å². The minimum absolute atomic E-state index is 0.275. The highest BCUT2D eigenvalue weighted by atomic mass is 35.5. The first-order valence-electron chi connectivity index (χ1n) is 3.58. The fraction of sp³-hybridized carbons (Fsp3) is 0. The first-order valence-corrected chi connectivity index (χ1v) is 3.96. The number of nitrogens with one attached hydrogen (secondary N) is 1. The summed E-state index contributed by atoms with van der Waals surface area (Å²) in [6, 6.07) is 1.47. The van der Waals surface area contributed by atoms with E-state index in [1.165, 1.54) is 18.5 Å². The highest BCUT2D eigenvalue weighted by molar-refractivity contribution is 6.30. The fourth-order valence-electron chi connectivity index (χ4n) is 1.00. The Hall–Kier alpha value is -1.42. The molecule has 2 aromatic rings. The van der Waals surface area contributed by atoms with Crippen molar-refractivity contribution in [2.75, 3.05) is 0 Å². The molecule has 0 unspecified atom stereocenters. The van der Waals surface area contributed by atoms with Crippen LogP contribution in [0.4, 0.5) is 4.39 Å². The zero-order valence-electron chi connectivity index (χ0n) is 6.46. The molecule has 2 heterocycles. The summed E-state index contributed by atoms with van der Waals surface area (Å²) < 4.78 is 13.1. The van der Waals surface area contributed by atoms with Crippen molar-refractivity contribution in [3.63, 3.8) is 0 Å². The second-order valence-corrected chi connectivity index (χ2v) is 2.87. The number of H-pyrrole nitrogens is 1. The number of hydrogen-bond donors (Lipinski definition) is 1. The van der Waals surface area contributed by atoms with Crippen molar-refractivity contribution >= 4 is 11.6 Å². The van der Waals surface area contributed by atoms with Crippen molar-refractivity contribution in [3.05, 3.63) is 35.6 Å². The van der Waals surface area contributed by atoms with Crippen LogP contribution in [0.5, 0.6) is 0 Å². The number of rotatable bonds is 1. The Morgan fingerprint density at radius 2 is 2.23 bits per heavy atom. The second-order valence-electron chi connectivity index (χ2n) is 2.43. The molecule has 3 nitrogen and oxygen atoms in total. The van der Waals surface area contributed by atoms with Crippen LogP contribution < -0.4 is 0 Å². The van der Waals surface area contributed by atoms with Gasteiger partial charge in [0.2, 0.25) is 5.95 Å². The highest BCUT2D eigenvalue weighted by Gasteiger charge is 2.08. The molecule has 0 bridgehead atoms. The first-order chi connectivity index (χ1) is 6.27. The fourth-order valence-corrected chi connectivity index (χ4v) is 1.16. The zero-order chi connectivity index (χ0) is 9.26. The van der Waals surface area contributed by atoms with Crippen molar-refractivity contribution in [1.29, 1.82) is 0 Å². The Morgan fingerprint density at radius 3 is 2.92 bits per heavy atom. The Kier molecular flexibility index (Phi) is 1.98. The first kappa shape index (κ1) is 8.19. The molecule has 0 atom stereocenters. The second kappa shape index (κ2) is 3.14. The molecule has 2 aromatic heterocycles. The molecule has 1 N–H and O–H groups in total. The summed E-state index contributed by atoms with van der Waals surface area (Å²) in [6.45, 7) is 0. The predicted octanol–water partition coefficient (Wildman–Crippen LogP) is 2.26. The van der Waals surface area contributed by atoms with Gasteiger partial charge in [-0.25, -0.2) is 9.97 Å². The lowest BCUT2D eigenvalue weighted by Crippen LogP contribution is -1.89. The van der Waals surface area contributed by atoms with Crippen LogP contribution in [0.1, 0.15) is 0 Å². The smallest absolute Gasteiger partial charge is 0.223 e. The lowest BCUT2D eigenvalue weighted by Gasteiger charge is -1.98. The average molecular weight is 198 g/mol. The normalized spacial score (nSPS) is 10.3. The molecular weight excluding hydrogens is 193 g/mol. The van der Waals surface area contributed by atoms with Crippen LogP contribution in [0.2, 0.25) is 5.02 Å². The van der Waals surface area contributed by atoms with E-state index in [1.54, 1.807) is 6.20 Å². The van der Waals surface area contributed by atoms with Gasteiger partial charge in [0.05, 0.1) is 10.6 Å². The third-order valence-corrected chi connectivity index (χ3v) is 1.77. The van der Waals surface area contributed by atoms with Gasteiger partial charge >= 0.3 is 0 Å². The molecule has 0 aliphatic carbocycles. The number of halogens is 2. The maximum atomic E-state index is 13.1. The molecule has 0 amide bonds. The van der Waals surface area contributed by atoms with Crippen LogP contribution in [0, 0.1) is 5.95 Å². The van der Waals surface area contributed by atoms with Crippen molar-refractivity contribution in [1.82, 2.24) is 15.0 Å². The number of nitrogens with zero attached hydrogens (tertiary/aromatic N) is 2.